The number of thioether (sulfide) groups is 1. The predicted octanol–water partition coefficient (Wildman–Crippen LogP) is 4.53. The quantitative estimate of drug-likeness (QED) is 0.797. The first-order valence-electron chi connectivity index (χ1n) is 8.55. The van der Waals surface area contributed by atoms with Gasteiger partial charge in [0.15, 0.2) is 0 Å². The van der Waals surface area contributed by atoms with Crippen molar-refractivity contribution in [2.24, 2.45) is 0 Å². The number of hydrogen-bond acceptors (Lipinski definition) is 3. The van der Waals surface area contributed by atoms with Gasteiger partial charge in [0.1, 0.15) is 11.9 Å². The lowest BCUT2D eigenvalue weighted by molar-refractivity contribution is 0.211. The van der Waals surface area contributed by atoms with Gasteiger partial charge < -0.3 is 5.11 Å². The van der Waals surface area contributed by atoms with E-state index in [4.69, 9.17) is 0 Å². The summed E-state index contributed by atoms with van der Waals surface area (Å²) in [5, 5.41) is 9.84. The number of rotatable bonds is 7. The predicted molar refractivity (Wildman–Crippen MR) is 98.5 cm³/mol. The van der Waals surface area contributed by atoms with E-state index in [-0.39, 0.29) is 0 Å². The first-order valence-corrected chi connectivity index (χ1v) is 9.43. The van der Waals surface area contributed by atoms with Crippen molar-refractivity contribution >= 4 is 11.8 Å². The molecule has 1 heterocycles. The molecule has 1 saturated heterocycles. The van der Waals surface area contributed by atoms with Gasteiger partial charge in [0, 0.05) is 23.2 Å². The smallest absolute Gasteiger partial charge is 0.115 e. The Hall–Kier alpha value is -1.52. The molecular formula is C20H24FNOS. The summed E-state index contributed by atoms with van der Waals surface area (Å²) in [7, 11) is 0. The highest BCUT2D eigenvalue weighted by molar-refractivity contribution is 8.00. The Morgan fingerprint density at radius 1 is 1.12 bits per heavy atom. The van der Waals surface area contributed by atoms with Crippen LogP contribution in [0.25, 0.3) is 0 Å². The number of aromatic hydroxyl groups is 1. The summed E-state index contributed by atoms with van der Waals surface area (Å²) in [5.74, 6) is 0.297. The van der Waals surface area contributed by atoms with Gasteiger partial charge in [-0.3, -0.25) is 4.90 Å². The summed E-state index contributed by atoms with van der Waals surface area (Å²) in [6, 6.07) is 17.5. The van der Waals surface area contributed by atoms with Crippen LogP contribution < -0.4 is 0 Å². The molecule has 1 aliphatic rings. The van der Waals surface area contributed by atoms with Gasteiger partial charge in [-0.1, -0.05) is 30.3 Å². The second-order valence-corrected chi connectivity index (χ2v) is 7.78. The molecule has 2 aromatic rings. The van der Waals surface area contributed by atoms with Crippen LogP contribution in [0.4, 0.5) is 4.39 Å². The molecule has 0 bridgehead atoms. The van der Waals surface area contributed by atoms with Gasteiger partial charge in [-0.2, -0.15) is 0 Å². The van der Waals surface area contributed by atoms with Gasteiger partial charge in [0.05, 0.1) is 0 Å². The van der Waals surface area contributed by atoms with E-state index in [0.29, 0.717) is 24.0 Å². The van der Waals surface area contributed by atoms with Crippen LogP contribution in [0.1, 0.15) is 18.4 Å². The Morgan fingerprint density at radius 2 is 1.88 bits per heavy atom. The van der Waals surface area contributed by atoms with E-state index in [2.05, 4.69) is 17.0 Å². The van der Waals surface area contributed by atoms with Crippen LogP contribution in [0.15, 0.2) is 59.5 Å². The Kier molecular flexibility index (Phi) is 6.16. The monoisotopic (exact) mass is 345 g/mol. The maximum atomic E-state index is 14.3. The third-order valence-electron chi connectivity index (χ3n) is 4.41. The minimum absolute atomic E-state index is 0.297. The standard InChI is InChI=1S/C20H24FNOS/c21-17(7-6-16-4-2-1-3-5-16)14-22-13-12-20(15-22)24-19-10-8-18(23)9-11-19/h1-5,8-11,17,20,23H,6-7,12-15H2/t17?,20-/m1/s1. The highest BCUT2D eigenvalue weighted by Crippen LogP contribution is 2.30. The lowest BCUT2D eigenvalue weighted by atomic mass is 10.1. The molecule has 0 radical (unpaired) electrons. The van der Waals surface area contributed by atoms with Gasteiger partial charge in [0.25, 0.3) is 0 Å². The maximum Gasteiger partial charge on any atom is 0.115 e. The fraction of sp³-hybridized carbons (Fsp3) is 0.400. The largest absolute Gasteiger partial charge is 0.508 e. The number of aryl methyl sites for hydroxylation is 1. The normalized spacial score (nSPS) is 19.5. The SMILES string of the molecule is Oc1ccc(S[C@@H]2CCN(CC(F)CCc3ccccc3)C2)cc1. The zero-order chi connectivity index (χ0) is 16.8. The summed E-state index contributed by atoms with van der Waals surface area (Å²) >= 11 is 1.83. The molecule has 4 heteroatoms. The Bertz CT molecular complexity index is 619. The number of likely N-dealkylation sites (tertiary alicyclic amines) is 1. The highest BCUT2D eigenvalue weighted by atomic mass is 32.2. The molecule has 1 N–H and O–H groups in total. The van der Waals surface area contributed by atoms with Crippen molar-refractivity contribution in [3.63, 3.8) is 0 Å². The number of halogens is 1. The molecule has 2 aromatic carbocycles. The van der Waals surface area contributed by atoms with Gasteiger partial charge in [0.2, 0.25) is 0 Å². The first kappa shape index (κ1) is 17.3. The minimum Gasteiger partial charge on any atom is -0.508 e. The van der Waals surface area contributed by atoms with Crippen molar-refractivity contribution in [1.82, 2.24) is 4.90 Å². The second kappa shape index (κ2) is 8.54. The molecule has 128 valence electrons. The molecule has 24 heavy (non-hydrogen) atoms. The minimum atomic E-state index is -0.761. The van der Waals surface area contributed by atoms with E-state index in [1.165, 1.54) is 10.5 Å². The number of alkyl halides is 1. The Balaban J connectivity index is 1.40. The third-order valence-corrected chi connectivity index (χ3v) is 5.68. The fourth-order valence-electron chi connectivity index (χ4n) is 3.12. The molecule has 0 spiro atoms. The molecule has 0 saturated carbocycles. The van der Waals surface area contributed by atoms with Crippen molar-refractivity contribution in [3.8, 4) is 5.75 Å². The van der Waals surface area contributed by atoms with Crippen LogP contribution in [0, 0.1) is 0 Å². The average molecular weight is 345 g/mol. The maximum absolute atomic E-state index is 14.3. The third kappa shape index (κ3) is 5.25. The molecule has 1 unspecified atom stereocenters. The molecule has 3 rings (SSSR count). The fourth-order valence-corrected chi connectivity index (χ4v) is 4.30. The molecule has 0 aromatic heterocycles. The highest BCUT2D eigenvalue weighted by Gasteiger charge is 2.25. The molecule has 2 nitrogen and oxygen atoms in total. The van der Waals surface area contributed by atoms with E-state index >= 15 is 0 Å². The van der Waals surface area contributed by atoms with E-state index in [0.717, 1.165) is 25.9 Å². The van der Waals surface area contributed by atoms with Crippen LogP contribution in [-0.4, -0.2) is 41.1 Å². The van der Waals surface area contributed by atoms with E-state index < -0.39 is 6.17 Å². The zero-order valence-corrected chi connectivity index (χ0v) is 14.6. The lowest BCUT2D eigenvalue weighted by Crippen LogP contribution is -2.29. The molecule has 1 aliphatic heterocycles. The van der Waals surface area contributed by atoms with Gasteiger partial charge in [-0.05, 0) is 55.6 Å². The number of phenols is 1. The summed E-state index contributed by atoms with van der Waals surface area (Å²) in [5.41, 5.74) is 1.21. The van der Waals surface area contributed by atoms with E-state index in [1.807, 2.05) is 42.1 Å². The van der Waals surface area contributed by atoms with E-state index in [1.54, 1.807) is 12.1 Å². The molecular weight excluding hydrogens is 321 g/mol. The van der Waals surface area contributed by atoms with Crippen molar-refractivity contribution in [1.29, 1.82) is 0 Å². The van der Waals surface area contributed by atoms with Gasteiger partial charge in [-0.15, -0.1) is 11.8 Å². The Labute approximate surface area is 147 Å². The number of phenolic OH excluding ortho intramolecular Hbond substituents is 1. The summed E-state index contributed by atoms with van der Waals surface area (Å²) < 4.78 is 14.3. The molecule has 0 aliphatic carbocycles. The van der Waals surface area contributed by atoms with Crippen LogP contribution in [0.3, 0.4) is 0 Å². The summed E-state index contributed by atoms with van der Waals surface area (Å²) in [6.07, 6.45) is 1.73. The summed E-state index contributed by atoms with van der Waals surface area (Å²) in [6.45, 7) is 2.46. The van der Waals surface area contributed by atoms with Gasteiger partial charge in [-0.25, -0.2) is 4.39 Å². The van der Waals surface area contributed by atoms with Crippen LogP contribution in [0.5, 0.6) is 5.75 Å². The van der Waals surface area contributed by atoms with E-state index in [9.17, 15) is 9.50 Å². The lowest BCUT2D eigenvalue weighted by Gasteiger charge is -2.18. The van der Waals surface area contributed by atoms with Crippen molar-refractivity contribution < 1.29 is 9.50 Å². The average Bonchev–Trinajstić information content (AvgIpc) is 3.03. The van der Waals surface area contributed by atoms with Gasteiger partial charge >= 0.3 is 0 Å². The zero-order valence-electron chi connectivity index (χ0n) is 13.8. The van der Waals surface area contributed by atoms with Crippen molar-refractivity contribution in [2.75, 3.05) is 19.6 Å². The summed E-state index contributed by atoms with van der Waals surface area (Å²) in [4.78, 5) is 3.41. The van der Waals surface area contributed by atoms with Crippen LogP contribution in [0.2, 0.25) is 0 Å². The number of hydrogen-bond donors (Lipinski definition) is 1. The first-order chi connectivity index (χ1) is 11.7. The molecule has 2 atom stereocenters. The Morgan fingerprint density at radius 3 is 2.62 bits per heavy atom. The van der Waals surface area contributed by atoms with Crippen molar-refractivity contribution in [2.45, 2.75) is 35.6 Å². The molecule has 0 amide bonds. The van der Waals surface area contributed by atoms with Crippen molar-refractivity contribution in [3.05, 3.63) is 60.2 Å². The second-order valence-electron chi connectivity index (χ2n) is 6.40. The number of benzene rings is 2. The number of nitrogens with zero attached hydrogens (tertiary/aromatic N) is 1. The van der Waals surface area contributed by atoms with Crippen LogP contribution in [-0.2, 0) is 6.42 Å². The van der Waals surface area contributed by atoms with Crippen LogP contribution >= 0.6 is 11.8 Å². The molecule has 1 fully saturated rings. The topological polar surface area (TPSA) is 23.5 Å².